The summed E-state index contributed by atoms with van der Waals surface area (Å²) < 4.78 is 0. The molecule has 0 spiro atoms. The lowest BCUT2D eigenvalue weighted by molar-refractivity contribution is 0.264. The van der Waals surface area contributed by atoms with Gasteiger partial charge in [0, 0.05) is 12.6 Å². The molecule has 0 aromatic heterocycles. The molecule has 0 aliphatic carbocycles. The average molecular weight is 410 g/mol. The molecule has 0 amide bonds. The van der Waals surface area contributed by atoms with Gasteiger partial charge in [-0.3, -0.25) is 4.90 Å². The van der Waals surface area contributed by atoms with Crippen molar-refractivity contribution < 1.29 is 0 Å². The van der Waals surface area contributed by atoms with E-state index >= 15 is 0 Å². The Kier molecular flexibility index (Phi) is 5.93. The molecule has 30 heavy (non-hydrogen) atoms. The second-order valence-corrected chi connectivity index (χ2v) is 10.4. The van der Waals surface area contributed by atoms with E-state index in [1.54, 1.807) is 0 Å². The molecule has 1 atom stereocenters. The van der Waals surface area contributed by atoms with Gasteiger partial charge in [0.1, 0.15) is 0 Å². The van der Waals surface area contributed by atoms with Gasteiger partial charge in [0.15, 0.2) is 0 Å². The number of likely N-dealkylation sites (tertiary alicyclic amines) is 1. The average Bonchev–Trinajstić information content (AvgIpc) is 3.25. The van der Waals surface area contributed by atoms with Crippen LogP contribution in [0.1, 0.15) is 18.4 Å². The minimum atomic E-state index is -0.339. The zero-order chi connectivity index (χ0) is 20.2. The fourth-order valence-electron chi connectivity index (χ4n) is 4.75. The minimum Gasteiger partial charge on any atom is -0.296 e. The molecule has 0 N–H and O–H groups in total. The first kappa shape index (κ1) is 19.5. The smallest absolute Gasteiger partial charge is 0.0242 e. The molecule has 150 valence electrons. The van der Waals surface area contributed by atoms with E-state index in [4.69, 9.17) is 0 Å². The van der Waals surface area contributed by atoms with Gasteiger partial charge in [-0.25, -0.2) is 0 Å². The number of fused-ring (bicyclic) bond motifs is 1. The van der Waals surface area contributed by atoms with Gasteiger partial charge in [0.2, 0.25) is 0 Å². The van der Waals surface area contributed by atoms with Crippen LogP contribution < -0.4 is 10.6 Å². The number of rotatable bonds is 6. The number of nitrogens with zero attached hydrogens (tertiary/aromatic N) is 1. The van der Waals surface area contributed by atoms with Crippen LogP contribution in [0.2, 0.25) is 0 Å². The molecule has 1 aliphatic heterocycles. The normalized spacial score (nSPS) is 17.0. The van der Waals surface area contributed by atoms with Crippen molar-refractivity contribution >= 4 is 29.3 Å². The molecule has 0 saturated carbocycles. The highest BCUT2D eigenvalue weighted by molar-refractivity contribution is 7.73. The Morgan fingerprint density at radius 2 is 1.33 bits per heavy atom. The first-order chi connectivity index (χ1) is 14.9. The van der Waals surface area contributed by atoms with Gasteiger partial charge in [0.25, 0.3) is 0 Å². The van der Waals surface area contributed by atoms with Crippen LogP contribution in [0.25, 0.3) is 10.8 Å². The molecular formula is C28H28NP. The van der Waals surface area contributed by atoms with Crippen LogP contribution in [0.3, 0.4) is 0 Å². The van der Waals surface area contributed by atoms with Gasteiger partial charge in [0.05, 0.1) is 0 Å². The lowest BCUT2D eigenvalue weighted by Crippen LogP contribution is -2.33. The Morgan fingerprint density at radius 1 is 0.700 bits per heavy atom. The molecule has 0 bridgehead atoms. The Hall–Kier alpha value is -2.47. The number of benzene rings is 4. The van der Waals surface area contributed by atoms with E-state index in [0.29, 0.717) is 6.04 Å². The first-order valence-electron chi connectivity index (χ1n) is 11.0. The summed E-state index contributed by atoms with van der Waals surface area (Å²) in [6.45, 7) is 2.26. The van der Waals surface area contributed by atoms with E-state index in [1.165, 1.54) is 52.5 Å². The van der Waals surface area contributed by atoms with Crippen LogP contribution >= 0.6 is 7.92 Å². The standard InChI is InChI=1S/C28H28NP/c1-3-15-26(16-4-1)30(27-17-5-2-6-18-27)22-25-14-10-20-29(25)21-24-13-9-12-23-11-7-8-19-28(23)24/h1-9,11-13,15-19,25H,10,14,20-22H2/t25-/m0/s1. The fraction of sp³-hybridized carbons (Fsp3) is 0.214. The Balaban J connectivity index is 1.41. The molecule has 4 aromatic rings. The number of hydrogen-bond acceptors (Lipinski definition) is 1. The Bertz CT molecular complexity index is 1050. The summed E-state index contributed by atoms with van der Waals surface area (Å²) in [6, 6.07) is 38.5. The predicted molar refractivity (Wildman–Crippen MR) is 131 cm³/mol. The Morgan fingerprint density at radius 3 is 2.07 bits per heavy atom. The monoisotopic (exact) mass is 409 g/mol. The molecule has 1 aliphatic rings. The quantitative estimate of drug-likeness (QED) is 0.356. The van der Waals surface area contributed by atoms with Crippen molar-refractivity contribution in [3.63, 3.8) is 0 Å². The van der Waals surface area contributed by atoms with Crippen LogP contribution in [-0.4, -0.2) is 23.6 Å². The van der Waals surface area contributed by atoms with E-state index in [-0.39, 0.29) is 7.92 Å². The van der Waals surface area contributed by atoms with Crippen LogP contribution in [0.4, 0.5) is 0 Å². The molecule has 0 unspecified atom stereocenters. The second-order valence-electron chi connectivity index (χ2n) is 8.19. The van der Waals surface area contributed by atoms with E-state index in [0.717, 1.165) is 6.54 Å². The van der Waals surface area contributed by atoms with Crippen molar-refractivity contribution in [1.82, 2.24) is 4.90 Å². The molecule has 1 fully saturated rings. The van der Waals surface area contributed by atoms with Crippen molar-refractivity contribution in [3.8, 4) is 0 Å². The SMILES string of the molecule is c1ccc(P(C[C@@H]2CCCN2Cc2cccc3ccccc23)c2ccccc2)cc1. The van der Waals surface area contributed by atoms with Crippen LogP contribution in [0.5, 0.6) is 0 Å². The topological polar surface area (TPSA) is 3.24 Å². The van der Waals surface area contributed by atoms with E-state index < -0.39 is 0 Å². The van der Waals surface area contributed by atoms with Crippen molar-refractivity contribution in [3.05, 3.63) is 109 Å². The van der Waals surface area contributed by atoms with Crippen molar-refractivity contribution in [1.29, 1.82) is 0 Å². The maximum absolute atomic E-state index is 2.74. The molecule has 5 rings (SSSR count). The summed E-state index contributed by atoms with van der Waals surface area (Å²) in [5.41, 5.74) is 1.46. The third kappa shape index (κ3) is 4.19. The van der Waals surface area contributed by atoms with Gasteiger partial charge >= 0.3 is 0 Å². The Labute approximate surface area is 181 Å². The summed E-state index contributed by atoms with van der Waals surface area (Å²) in [5, 5.41) is 5.74. The van der Waals surface area contributed by atoms with Crippen LogP contribution in [0, 0.1) is 0 Å². The molecular weight excluding hydrogens is 381 g/mol. The highest BCUT2D eigenvalue weighted by atomic mass is 31.1. The number of hydrogen-bond donors (Lipinski definition) is 0. The summed E-state index contributed by atoms with van der Waals surface area (Å²) in [5.74, 6) is 0. The highest BCUT2D eigenvalue weighted by Crippen LogP contribution is 2.38. The van der Waals surface area contributed by atoms with Crippen molar-refractivity contribution in [2.75, 3.05) is 12.7 Å². The van der Waals surface area contributed by atoms with E-state index in [9.17, 15) is 0 Å². The van der Waals surface area contributed by atoms with Crippen LogP contribution in [-0.2, 0) is 6.54 Å². The summed E-state index contributed by atoms with van der Waals surface area (Å²) in [4.78, 5) is 2.74. The fourth-order valence-corrected chi connectivity index (χ4v) is 7.36. The summed E-state index contributed by atoms with van der Waals surface area (Å²) in [6.07, 6.45) is 3.86. The first-order valence-corrected chi connectivity index (χ1v) is 12.5. The lowest BCUT2D eigenvalue weighted by atomic mass is 10.0. The van der Waals surface area contributed by atoms with E-state index in [1.807, 2.05) is 0 Å². The largest absolute Gasteiger partial charge is 0.296 e. The molecule has 4 aromatic carbocycles. The third-order valence-corrected chi connectivity index (χ3v) is 8.91. The van der Waals surface area contributed by atoms with Gasteiger partial charge in [-0.05, 0) is 60.4 Å². The van der Waals surface area contributed by atoms with Crippen LogP contribution in [0.15, 0.2) is 103 Å². The molecule has 1 heterocycles. The second kappa shape index (κ2) is 9.13. The van der Waals surface area contributed by atoms with Gasteiger partial charge in [-0.2, -0.15) is 0 Å². The highest BCUT2D eigenvalue weighted by Gasteiger charge is 2.28. The molecule has 1 saturated heterocycles. The maximum Gasteiger partial charge on any atom is 0.0242 e. The zero-order valence-electron chi connectivity index (χ0n) is 17.3. The predicted octanol–water partition coefficient (Wildman–Crippen LogP) is 5.94. The van der Waals surface area contributed by atoms with Gasteiger partial charge in [-0.15, -0.1) is 0 Å². The van der Waals surface area contributed by atoms with Crippen molar-refractivity contribution in [2.45, 2.75) is 25.4 Å². The molecule has 1 nitrogen and oxygen atoms in total. The van der Waals surface area contributed by atoms with E-state index in [2.05, 4.69) is 108 Å². The summed E-state index contributed by atoms with van der Waals surface area (Å²) in [7, 11) is -0.339. The van der Waals surface area contributed by atoms with Gasteiger partial charge in [-0.1, -0.05) is 103 Å². The maximum atomic E-state index is 2.74. The lowest BCUT2D eigenvalue weighted by Gasteiger charge is -2.29. The van der Waals surface area contributed by atoms with Gasteiger partial charge < -0.3 is 0 Å². The molecule has 2 heteroatoms. The van der Waals surface area contributed by atoms with Crippen molar-refractivity contribution in [2.24, 2.45) is 0 Å². The third-order valence-electron chi connectivity index (χ3n) is 6.28. The molecule has 0 radical (unpaired) electrons. The minimum absolute atomic E-state index is 0.339. The zero-order valence-corrected chi connectivity index (χ0v) is 18.2. The summed E-state index contributed by atoms with van der Waals surface area (Å²) >= 11 is 0.